The van der Waals surface area contributed by atoms with Gasteiger partial charge >= 0.3 is 0 Å². The van der Waals surface area contributed by atoms with Crippen molar-refractivity contribution >= 4 is 0 Å². The smallest absolute Gasteiger partial charge is 0.0106 e. The van der Waals surface area contributed by atoms with Crippen LogP contribution in [0.3, 0.4) is 0 Å². The van der Waals surface area contributed by atoms with Crippen LogP contribution < -0.4 is 5.73 Å². The summed E-state index contributed by atoms with van der Waals surface area (Å²) in [5, 5.41) is 0. The predicted octanol–water partition coefficient (Wildman–Crippen LogP) is 1.55. The Morgan fingerprint density at radius 3 is 2.78 bits per heavy atom. The summed E-state index contributed by atoms with van der Waals surface area (Å²) >= 11 is 0. The van der Waals surface area contributed by atoms with Crippen molar-refractivity contribution < 1.29 is 0 Å². The Balaban J connectivity index is 2.16. The van der Waals surface area contributed by atoms with Gasteiger partial charge in [0.15, 0.2) is 0 Å². The summed E-state index contributed by atoms with van der Waals surface area (Å²) in [6.07, 6.45) is 7.15. The molecule has 1 aliphatic rings. The highest BCUT2D eigenvalue weighted by Gasteiger charge is 2.25. The standard InChI is InChI=1S/C8H15N/c1-7(3-2-6-9)8-4-5-8/h2-3,7-8H,4-6,9H2,1H3/b3-2-. The first-order valence-electron chi connectivity index (χ1n) is 3.71. The van der Waals surface area contributed by atoms with E-state index in [2.05, 4.69) is 19.1 Å². The van der Waals surface area contributed by atoms with Crippen molar-refractivity contribution in [3.63, 3.8) is 0 Å². The Hall–Kier alpha value is -0.300. The van der Waals surface area contributed by atoms with E-state index in [1.165, 1.54) is 12.8 Å². The molecule has 0 heterocycles. The quantitative estimate of drug-likeness (QED) is 0.569. The molecule has 0 aliphatic heterocycles. The zero-order chi connectivity index (χ0) is 6.69. The van der Waals surface area contributed by atoms with E-state index in [1.807, 2.05) is 0 Å². The van der Waals surface area contributed by atoms with E-state index in [0.29, 0.717) is 6.54 Å². The molecule has 0 saturated heterocycles. The van der Waals surface area contributed by atoms with Crippen molar-refractivity contribution in [3.05, 3.63) is 12.2 Å². The van der Waals surface area contributed by atoms with Crippen LogP contribution in [0.25, 0.3) is 0 Å². The van der Waals surface area contributed by atoms with Gasteiger partial charge < -0.3 is 5.73 Å². The first-order chi connectivity index (χ1) is 4.34. The lowest BCUT2D eigenvalue weighted by Gasteiger charge is -1.99. The van der Waals surface area contributed by atoms with Gasteiger partial charge in [0.2, 0.25) is 0 Å². The van der Waals surface area contributed by atoms with Crippen LogP contribution in [-0.4, -0.2) is 6.54 Å². The third-order valence-corrected chi connectivity index (χ3v) is 1.94. The molecule has 1 saturated carbocycles. The number of nitrogens with two attached hydrogens (primary N) is 1. The summed E-state index contributed by atoms with van der Waals surface area (Å²) in [6, 6.07) is 0. The van der Waals surface area contributed by atoms with E-state index in [1.54, 1.807) is 0 Å². The van der Waals surface area contributed by atoms with E-state index in [9.17, 15) is 0 Å². The van der Waals surface area contributed by atoms with Crippen molar-refractivity contribution in [3.8, 4) is 0 Å². The predicted molar refractivity (Wildman–Crippen MR) is 40.1 cm³/mol. The Labute approximate surface area is 56.9 Å². The molecule has 0 aromatic heterocycles. The molecule has 0 bridgehead atoms. The summed E-state index contributed by atoms with van der Waals surface area (Å²) in [5.41, 5.74) is 5.31. The van der Waals surface area contributed by atoms with Crippen molar-refractivity contribution in [1.29, 1.82) is 0 Å². The molecule has 0 amide bonds. The molecular formula is C8H15N. The van der Waals surface area contributed by atoms with Crippen LogP contribution in [0, 0.1) is 11.8 Å². The summed E-state index contributed by atoms with van der Waals surface area (Å²) in [6.45, 7) is 2.96. The maximum absolute atomic E-state index is 5.31. The Morgan fingerprint density at radius 2 is 2.33 bits per heavy atom. The van der Waals surface area contributed by atoms with Gasteiger partial charge in [-0.1, -0.05) is 19.1 Å². The van der Waals surface area contributed by atoms with Crippen LogP contribution >= 0.6 is 0 Å². The molecule has 1 rings (SSSR count). The molecular weight excluding hydrogens is 110 g/mol. The number of rotatable bonds is 3. The topological polar surface area (TPSA) is 26.0 Å². The fourth-order valence-electron chi connectivity index (χ4n) is 1.07. The summed E-state index contributed by atoms with van der Waals surface area (Å²) < 4.78 is 0. The van der Waals surface area contributed by atoms with Gasteiger partial charge in [-0.15, -0.1) is 0 Å². The van der Waals surface area contributed by atoms with Crippen LogP contribution in [0.15, 0.2) is 12.2 Å². The molecule has 1 unspecified atom stereocenters. The van der Waals surface area contributed by atoms with Gasteiger partial charge in [-0.05, 0) is 24.7 Å². The zero-order valence-electron chi connectivity index (χ0n) is 6.01. The van der Waals surface area contributed by atoms with Crippen molar-refractivity contribution in [2.45, 2.75) is 19.8 Å². The Kier molecular flexibility index (Phi) is 2.29. The van der Waals surface area contributed by atoms with Crippen LogP contribution in [0.1, 0.15) is 19.8 Å². The molecule has 9 heavy (non-hydrogen) atoms. The Bertz CT molecular complexity index is 103. The third kappa shape index (κ3) is 2.19. The molecule has 0 aromatic carbocycles. The summed E-state index contributed by atoms with van der Waals surface area (Å²) in [4.78, 5) is 0. The second-order valence-electron chi connectivity index (χ2n) is 2.86. The van der Waals surface area contributed by atoms with E-state index in [0.717, 1.165) is 11.8 Å². The summed E-state index contributed by atoms with van der Waals surface area (Å²) in [7, 11) is 0. The van der Waals surface area contributed by atoms with Gasteiger partial charge in [0.25, 0.3) is 0 Å². The average Bonchev–Trinajstić information content (AvgIpc) is 2.63. The molecule has 1 atom stereocenters. The molecule has 1 aliphatic carbocycles. The van der Waals surface area contributed by atoms with Crippen LogP contribution in [-0.2, 0) is 0 Å². The lowest BCUT2D eigenvalue weighted by atomic mass is 10.1. The second-order valence-corrected chi connectivity index (χ2v) is 2.86. The average molecular weight is 125 g/mol. The highest BCUT2D eigenvalue weighted by atomic mass is 14.5. The van der Waals surface area contributed by atoms with Crippen molar-refractivity contribution in [2.75, 3.05) is 6.54 Å². The third-order valence-electron chi connectivity index (χ3n) is 1.94. The molecule has 0 radical (unpaired) electrons. The maximum Gasteiger partial charge on any atom is 0.0106 e. The van der Waals surface area contributed by atoms with Gasteiger partial charge in [-0.25, -0.2) is 0 Å². The van der Waals surface area contributed by atoms with E-state index in [-0.39, 0.29) is 0 Å². The van der Waals surface area contributed by atoms with E-state index >= 15 is 0 Å². The Morgan fingerprint density at radius 1 is 1.67 bits per heavy atom. The molecule has 52 valence electrons. The second kappa shape index (κ2) is 3.02. The molecule has 0 spiro atoms. The van der Waals surface area contributed by atoms with Gasteiger partial charge in [-0.3, -0.25) is 0 Å². The first-order valence-corrected chi connectivity index (χ1v) is 3.71. The number of hydrogen-bond acceptors (Lipinski definition) is 1. The van der Waals surface area contributed by atoms with E-state index in [4.69, 9.17) is 5.73 Å². The minimum absolute atomic E-state index is 0.692. The molecule has 1 nitrogen and oxygen atoms in total. The molecule has 2 N–H and O–H groups in total. The van der Waals surface area contributed by atoms with Gasteiger partial charge in [-0.2, -0.15) is 0 Å². The van der Waals surface area contributed by atoms with Gasteiger partial charge in [0, 0.05) is 6.54 Å². The fraction of sp³-hybridized carbons (Fsp3) is 0.750. The van der Waals surface area contributed by atoms with Crippen LogP contribution in [0.5, 0.6) is 0 Å². The minimum atomic E-state index is 0.692. The largest absolute Gasteiger partial charge is 0.327 e. The van der Waals surface area contributed by atoms with Crippen LogP contribution in [0.2, 0.25) is 0 Å². The highest BCUT2D eigenvalue weighted by molar-refractivity contribution is 4.94. The SMILES string of the molecule is CC(/C=C\CN)C1CC1. The normalized spacial score (nSPS) is 22.9. The first kappa shape index (κ1) is 6.81. The molecule has 1 fully saturated rings. The minimum Gasteiger partial charge on any atom is -0.327 e. The van der Waals surface area contributed by atoms with E-state index < -0.39 is 0 Å². The zero-order valence-corrected chi connectivity index (χ0v) is 6.01. The van der Waals surface area contributed by atoms with Gasteiger partial charge in [0.05, 0.1) is 0 Å². The number of allylic oxidation sites excluding steroid dienone is 1. The monoisotopic (exact) mass is 125 g/mol. The number of hydrogen-bond donors (Lipinski definition) is 1. The highest BCUT2D eigenvalue weighted by Crippen LogP contribution is 2.36. The van der Waals surface area contributed by atoms with Gasteiger partial charge in [0.1, 0.15) is 0 Å². The molecule has 0 aromatic rings. The van der Waals surface area contributed by atoms with Crippen LogP contribution in [0.4, 0.5) is 0 Å². The fourth-order valence-corrected chi connectivity index (χ4v) is 1.07. The maximum atomic E-state index is 5.31. The summed E-state index contributed by atoms with van der Waals surface area (Å²) in [5.74, 6) is 1.75. The lowest BCUT2D eigenvalue weighted by Crippen LogP contribution is -1.96. The molecule has 1 heteroatoms. The van der Waals surface area contributed by atoms with Crippen molar-refractivity contribution in [1.82, 2.24) is 0 Å². The lowest BCUT2D eigenvalue weighted by molar-refractivity contribution is 0.627. The van der Waals surface area contributed by atoms with Crippen molar-refractivity contribution in [2.24, 2.45) is 17.6 Å².